The van der Waals surface area contributed by atoms with Crippen molar-refractivity contribution in [1.82, 2.24) is 15.4 Å². The first-order valence-electron chi connectivity index (χ1n) is 8.45. The fraction of sp³-hybridized carbons (Fsp3) is 0.100. The molecule has 2 aromatic carbocycles. The van der Waals surface area contributed by atoms with Crippen LogP contribution in [0.3, 0.4) is 0 Å². The van der Waals surface area contributed by atoms with E-state index in [1.165, 1.54) is 13.3 Å². The van der Waals surface area contributed by atoms with Crippen molar-refractivity contribution in [3.8, 4) is 17.4 Å². The van der Waals surface area contributed by atoms with Crippen LogP contribution in [0.15, 0.2) is 59.8 Å². The zero-order chi connectivity index (χ0) is 20.6. The first-order chi connectivity index (χ1) is 14.0. The van der Waals surface area contributed by atoms with Crippen LogP contribution in [0, 0.1) is 5.82 Å². The zero-order valence-electron chi connectivity index (χ0n) is 15.3. The Hall–Kier alpha value is -3.52. The van der Waals surface area contributed by atoms with Gasteiger partial charge >= 0.3 is 0 Å². The summed E-state index contributed by atoms with van der Waals surface area (Å²) in [5.41, 5.74) is 3.92. The van der Waals surface area contributed by atoms with Crippen molar-refractivity contribution < 1.29 is 18.7 Å². The number of carbonyl (C=O) groups is 1. The lowest BCUT2D eigenvalue weighted by molar-refractivity contribution is -0.120. The fourth-order valence-corrected chi connectivity index (χ4v) is 2.49. The Morgan fingerprint density at radius 2 is 2.03 bits per heavy atom. The van der Waals surface area contributed by atoms with Crippen molar-refractivity contribution in [2.24, 2.45) is 5.10 Å². The highest BCUT2D eigenvalue weighted by atomic mass is 35.5. The first-order valence-corrected chi connectivity index (χ1v) is 8.82. The average Bonchev–Trinajstić information content (AvgIpc) is 2.72. The number of halogens is 2. The van der Waals surface area contributed by atoms with E-state index in [0.29, 0.717) is 11.3 Å². The predicted molar refractivity (Wildman–Crippen MR) is 106 cm³/mol. The van der Waals surface area contributed by atoms with E-state index in [0.717, 1.165) is 11.8 Å². The van der Waals surface area contributed by atoms with Crippen LogP contribution >= 0.6 is 11.6 Å². The van der Waals surface area contributed by atoms with Crippen molar-refractivity contribution in [2.45, 2.75) is 6.42 Å². The molecule has 9 heteroatoms. The third kappa shape index (κ3) is 5.73. The van der Waals surface area contributed by atoms with Crippen LogP contribution in [0.5, 0.6) is 17.4 Å². The van der Waals surface area contributed by atoms with Crippen LogP contribution in [0.25, 0.3) is 0 Å². The normalized spacial score (nSPS) is 10.7. The minimum absolute atomic E-state index is 0.154. The maximum Gasteiger partial charge on any atom is 0.260 e. The summed E-state index contributed by atoms with van der Waals surface area (Å²) in [6.45, 7) is 0. The number of hydrazone groups is 1. The van der Waals surface area contributed by atoms with E-state index < -0.39 is 5.82 Å². The smallest absolute Gasteiger partial charge is 0.260 e. The van der Waals surface area contributed by atoms with E-state index in [9.17, 15) is 9.18 Å². The van der Waals surface area contributed by atoms with E-state index in [2.05, 4.69) is 20.5 Å². The lowest BCUT2D eigenvalue weighted by Crippen LogP contribution is -2.19. The van der Waals surface area contributed by atoms with Gasteiger partial charge in [-0.25, -0.2) is 10.4 Å². The third-order valence-corrected chi connectivity index (χ3v) is 3.87. The van der Waals surface area contributed by atoms with Gasteiger partial charge in [0.25, 0.3) is 5.88 Å². The van der Waals surface area contributed by atoms with E-state index in [1.54, 1.807) is 18.2 Å². The summed E-state index contributed by atoms with van der Waals surface area (Å²) in [5, 5.41) is 3.78. The number of methoxy groups -OCH3 is 1. The monoisotopic (exact) mass is 414 g/mol. The number of rotatable bonds is 7. The molecule has 148 valence electrons. The number of hydrogen-bond acceptors (Lipinski definition) is 6. The molecule has 0 aliphatic rings. The summed E-state index contributed by atoms with van der Waals surface area (Å²) in [7, 11) is 1.45. The number of carbonyl (C=O) groups excluding carboxylic acids is 1. The second-order valence-electron chi connectivity index (χ2n) is 5.76. The van der Waals surface area contributed by atoms with Gasteiger partial charge in [-0.05, 0) is 40.9 Å². The Kier molecular flexibility index (Phi) is 6.70. The van der Waals surface area contributed by atoms with Crippen molar-refractivity contribution in [2.75, 3.05) is 7.11 Å². The highest BCUT2D eigenvalue weighted by Crippen LogP contribution is 2.32. The predicted octanol–water partition coefficient (Wildman–Crippen LogP) is 3.76. The van der Waals surface area contributed by atoms with Gasteiger partial charge in [0.2, 0.25) is 17.0 Å². The molecule has 1 aromatic heterocycles. The summed E-state index contributed by atoms with van der Waals surface area (Å²) in [5.74, 6) is -0.822. The van der Waals surface area contributed by atoms with Gasteiger partial charge in [0.05, 0.1) is 25.9 Å². The zero-order valence-corrected chi connectivity index (χ0v) is 16.1. The number of hydrogen-bond donors (Lipinski definition) is 1. The molecule has 1 amide bonds. The van der Waals surface area contributed by atoms with E-state index in [-0.39, 0.29) is 29.2 Å². The average molecular weight is 415 g/mol. The van der Waals surface area contributed by atoms with Gasteiger partial charge in [-0.15, -0.1) is 0 Å². The van der Waals surface area contributed by atoms with Gasteiger partial charge in [-0.1, -0.05) is 30.3 Å². The van der Waals surface area contributed by atoms with Gasteiger partial charge in [-0.3, -0.25) is 4.79 Å². The van der Waals surface area contributed by atoms with E-state index >= 15 is 0 Å². The molecule has 0 aliphatic carbocycles. The van der Waals surface area contributed by atoms with Crippen LogP contribution in [0.1, 0.15) is 11.1 Å². The van der Waals surface area contributed by atoms with Crippen LogP contribution in [0.4, 0.5) is 4.39 Å². The molecular formula is C20H16ClFN4O3. The number of nitrogens with one attached hydrogen (secondary N) is 1. The van der Waals surface area contributed by atoms with Crippen LogP contribution in [-0.4, -0.2) is 29.2 Å². The number of aromatic nitrogens is 2. The highest BCUT2D eigenvalue weighted by Gasteiger charge is 2.13. The lowest BCUT2D eigenvalue weighted by Gasteiger charge is -2.10. The molecule has 0 unspecified atom stereocenters. The lowest BCUT2D eigenvalue weighted by atomic mass is 10.1. The van der Waals surface area contributed by atoms with E-state index in [4.69, 9.17) is 21.1 Å². The van der Waals surface area contributed by atoms with Gasteiger partial charge in [0.15, 0.2) is 11.5 Å². The largest absolute Gasteiger partial charge is 0.493 e. The van der Waals surface area contributed by atoms with Crippen molar-refractivity contribution in [3.63, 3.8) is 0 Å². The summed E-state index contributed by atoms with van der Waals surface area (Å²) >= 11 is 5.68. The molecule has 0 radical (unpaired) electrons. The molecule has 0 aliphatic heterocycles. The maximum atomic E-state index is 13.8. The molecule has 0 bridgehead atoms. The van der Waals surface area contributed by atoms with Gasteiger partial charge in [0.1, 0.15) is 0 Å². The van der Waals surface area contributed by atoms with Crippen LogP contribution < -0.4 is 14.9 Å². The van der Waals surface area contributed by atoms with Crippen LogP contribution in [-0.2, 0) is 11.2 Å². The molecule has 0 spiro atoms. The second kappa shape index (κ2) is 9.61. The quantitative estimate of drug-likeness (QED) is 0.361. The Labute approximate surface area is 171 Å². The fourth-order valence-electron chi connectivity index (χ4n) is 2.36. The standard InChI is InChI=1S/C20H16ClFN4O3/c1-28-16-8-7-14(9-17(16)29-19-15(22)12-23-20(21)25-19)11-24-26-18(27)10-13-5-3-2-4-6-13/h2-9,11-12H,10H2,1H3,(H,26,27). The topological polar surface area (TPSA) is 85.7 Å². The molecule has 0 atom stereocenters. The number of ether oxygens (including phenoxy) is 2. The number of benzene rings is 2. The third-order valence-electron chi connectivity index (χ3n) is 3.69. The van der Waals surface area contributed by atoms with E-state index in [1.807, 2.05) is 30.3 Å². The van der Waals surface area contributed by atoms with Crippen molar-refractivity contribution in [1.29, 1.82) is 0 Å². The molecule has 7 nitrogen and oxygen atoms in total. The molecule has 1 N–H and O–H groups in total. The SMILES string of the molecule is COc1ccc(C=NNC(=O)Cc2ccccc2)cc1Oc1nc(Cl)ncc1F. The highest BCUT2D eigenvalue weighted by molar-refractivity contribution is 6.28. The van der Waals surface area contributed by atoms with Crippen molar-refractivity contribution >= 4 is 23.7 Å². The Bertz CT molecular complexity index is 1030. The molecule has 29 heavy (non-hydrogen) atoms. The Morgan fingerprint density at radius 3 is 2.79 bits per heavy atom. The van der Waals surface area contributed by atoms with Crippen LogP contribution in [0.2, 0.25) is 5.28 Å². The molecule has 3 aromatic rings. The molecule has 1 heterocycles. The molecule has 3 rings (SSSR count). The van der Waals surface area contributed by atoms with Gasteiger partial charge < -0.3 is 9.47 Å². The summed E-state index contributed by atoms with van der Waals surface area (Å²) in [6, 6.07) is 14.2. The first kappa shape index (κ1) is 20.2. The molecular weight excluding hydrogens is 399 g/mol. The molecule has 0 saturated heterocycles. The second-order valence-corrected chi connectivity index (χ2v) is 6.10. The number of nitrogens with zero attached hydrogens (tertiary/aromatic N) is 3. The molecule has 0 fully saturated rings. The minimum Gasteiger partial charge on any atom is -0.493 e. The Morgan fingerprint density at radius 1 is 1.24 bits per heavy atom. The number of amides is 1. The molecule has 0 saturated carbocycles. The van der Waals surface area contributed by atoms with Crippen molar-refractivity contribution in [3.05, 3.63) is 77.0 Å². The summed E-state index contributed by atoms with van der Waals surface area (Å²) in [4.78, 5) is 19.2. The minimum atomic E-state index is -0.774. The van der Waals surface area contributed by atoms with Gasteiger partial charge in [0, 0.05) is 0 Å². The summed E-state index contributed by atoms with van der Waals surface area (Å²) < 4.78 is 24.5. The summed E-state index contributed by atoms with van der Waals surface area (Å²) in [6.07, 6.45) is 2.55. The Balaban J connectivity index is 1.70. The van der Waals surface area contributed by atoms with Gasteiger partial charge in [-0.2, -0.15) is 14.5 Å². The maximum absolute atomic E-state index is 13.8.